The molecule has 1 aliphatic rings. The van der Waals surface area contributed by atoms with Gasteiger partial charge in [0, 0.05) is 18.0 Å². The maximum absolute atomic E-state index is 12.3. The number of halogens is 1. The average molecular weight is 195 g/mol. The van der Waals surface area contributed by atoms with Gasteiger partial charge in [0.1, 0.15) is 18.5 Å². The van der Waals surface area contributed by atoms with Gasteiger partial charge >= 0.3 is 0 Å². The fourth-order valence-electron chi connectivity index (χ4n) is 1.45. The molecular weight excluding hydrogens is 181 g/mol. The number of hydrogen-bond donors (Lipinski definition) is 0. The Kier molecular flexibility index (Phi) is 2.66. The summed E-state index contributed by atoms with van der Waals surface area (Å²) in [6.07, 6.45) is 5.55. The number of hydrogen-bond acceptors (Lipinski definition) is 2. The predicted octanol–water partition coefficient (Wildman–Crippen LogP) is 2.70. The fourth-order valence-corrected chi connectivity index (χ4v) is 1.45. The molecule has 0 aliphatic heterocycles. The largest absolute Gasteiger partial charge is 0.488 e. The van der Waals surface area contributed by atoms with Gasteiger partial charge in [0.25, 0.3) is 0 Å². The predicted molar refractivity (Wildman–Crippen MR) is 52.3 cm³/mol. The molecule has 2 rings (SSSR count). The van der Waals surface area contributed by atoms with Crippen LogP contribution >= 0.6 is 0 Å². The molecule has 1 heterocycles. The van der Waals surface area contributed by atoms with Gasteiger partial charge in [-0.15, -0.1) is 0 Å². The number of ether oxygens (including phenoxy) is 1. The molecule has 0 amide bonds. The Bertz CT molecular complexity index is 312. The van der Waals surface area contributed by atoms with Gasteiger partial charge < -0.3 is 4.74 Å². The molecule has 1 saturated carbocycles. The van der Waals surface area contributed by atoms with Crippen molar-refractivity contribution >= 4 is 0 Å². The molecule has 1 aromatic rings. The van der Waals surface area contributed by atoms with Crippen molar-refractivity contribution in [3.05, 3.63) is 24.0 Å². The van der Waals surface area contributed by atoms with E-state index in [1.54, 1.807) is 13.1 Å². The highest BCUT2D eigenvalue weighted by molar-refractivity contribution is 5.36. The van der Waals surface area contributed by atoms with E-state index in [0.717, 1.165) is 11.3 Å². The molecule has 14 heavy (non-hydrogen) atoms. The summed E-state index contributed by atoms with van der Waals surface area (Å²) in [6.45, 7) is 1.28. The number of alkyl halides is 1. The average Bonchev–Trinajstić information content (AvgIpc) is 3.02. The third-order valence-electron chi connectivity index (χ3n) is 2.37. The van der Waals surface area contributed by atoms with Crippen molar-refractivity contribution in [3.63, 3.8) is 0 Å². The van der Waals surface area contributed by atoms with Crippen LogP contribution in [0, 0.1) is 0 Å². The lowest BCUT2D eigenvalue weighted by atomic mass is 10.2. The molecule has 76 valence electrons. The topological polar surface area (TPSA) is 22.1 Å². The third kappa shape index (κ3) is 2.03. The molecule has 0 bridgehead atoms. The number of pyridine rings is 1. The molecule has 1 aliphatic carbocycles. The summed E-state index contributed by atoms with van der Waals surface area (Å²) in [7, 11) is 0. The Labute approximate surface area is 83.1 Å². The maximum atomic E-state index is 12.3. The van der Waals surface area contributed by atoms with Gasteiger partial charge in [0.15, 0.2) is 0 Å². The molecule has 0 saturated heterocycles. The van der Waals surface area contributed by atoms with Crippen LogP contribution in [0.3, 0.4) is 0 Å². The second-order valence-corrected chi connectivity index (χ2v) is 3.77. The minimum absolute atomic E-state index is 0.366. The quantitative estimate of drug-likeness (QED) is 0.737. The molecule has 1 atom stereocenters. The lowest BCUT2D eigenvalue weighted by molar-refractivity contribution is 0.180. The molecular formula is C11H14FNO. The van der Waals surface area contributed by atoms with Crippen molar-refractivity contribution in [2.75, 3.05) is 6.67 Å². The first kappa shape index (κ1) is 9.44. The maximum Gasteiger partial charge on any atom is 0.126 e. The highest BCUT2D eigenvalue weighted by atomic mass is 19.1. The van der Waals surface area contributed by atoms with Crippen LogP contribution in [0.1, 0.15) is 31.2 Å². The van der Waals surface area contributed by atoms with Crippen LogP contribution in [-0.4, -0.2) is 17.8 Å². The zero-order chi connectivity index (χ0) is 9.97. The van der Waals surface area contributed by atoms with Crippen LogP contribution in [0.4, 0.5) is 4.39 Å². The zero-order valence-corrected chi connectivity index (χ0v) is 8.24. The van der Waals surface area contributed by atoms with E-state index in [-0.39, 0.29) is 6.10 Å². The van der Waals surface area contributed by atoms with Crippen molar-refractivity contribution in [1.82, 2.24) is 4.98 Å². The van der Waals surface area contributed by atoms with Crippen molar-refractivity contribution in [1.29, 1.82) is 0 Å². The number of rotatable bonds is 4. The summed E-state index contributed by atoms with van der Waals surface area (Å²) >= 11 is 0. The Morgan fingerprint density at radius 2 is 2.43 bits per heavy atom. The van der Waals surface area contributed by atoms with Gasteiger partial charge in [0.05, 0.1) is 0 Å². The minimum Gasteiger partial charge on any atom is -0.488 e. The van der Waals surface area contributed by atoms with Gasteiger partial charge in [-0.1, -0.05) is 0 Å². The Hall–Kier alpha value is -1.12. The fraction of sp³-hybridized carbons (Fsp3) is 0.545. The molecule has 0 N–H and O–H groups in total. The monoisotopic (exact) mass is 195 g/mol. The summed E-state index contributed by atoms with van der Waals surface area (Å²) < 4.78 is 17.8. The zero-order valence-electron chi connectivity index (χ0n) is 8.24. The van der Waals surface area contributed by atoms with Crippen molar-refractivity contribution in [3.8, 4) is 5.75 Å². The summed E-state index contributed by atoms with van der Waals surface area (Å²) in [4.78, 5) is 4.07. The van der Waals surface area contributed by atoms with Crippen LogP contribution in [0.15, 0.2) is 18.5 Å². The van der Waals surface area contributed by atoms with E-state index < -0.39 is 6.67 Å². The molecule has 1 unspecified atom stereocenters. The molecule has 1 fully saturated rings. The van der Waals surface area contributed by atoms with Gasteiger partial charge in [-0.05, 0) is 31.7 Å². The first-order valence-electron chi connectivity index (χ1n) is 4.97. The lowest BCUT2D eigenvalue weighted by Gasteiger charge is -2.14. The van der Waals surface area contributed by atoms with E-state index in [0.29, 0.717) is 5.92 Å². The van der Waals surface area contributed by atoms with Crippen molar-refractivity contribution in [2.24, 2.45) is 0 Å². The molecule has 1 aromatic heterocycles. The number of aromatic nitrogens is 1. The first-order chi connectivity index (χ1) is 6.81. The van der Waals surface area contributed by atoms with Gasteiger partial charge in [-0.3, -0.25) is 4.98 Å². The van der Waals surface area contributed by atoms with E-state index >= 15 is 0 Å². The van der Waals surface area contributed by atoms with E-state index in [9.17, 15) is 4.39 Å². The van der Waals surface area contributed by atoms with E-state index in [1.807, 2.05) is 12.3 Å². The molecule has 2 nitrogen and oxygen atoms in total. The third-order valence-corrected chi connectivity index (χ3v) is 2.37. The Morgan fingerprint density at radius 1 is 1.64 bits per heavy atom. The summed E-state index contributed by atoms with van der Waals surface area (Å²) in [5.41, 5.74) is 1.13. The highest BCUT2D eigenvalue weighted by Gasteiger charge is 2.27. The second-order valence-electron chi connectivity index (χ2n) is 3.77. The lowest BCUT2D eigenvalue weighted by Crippen LogP contribution is -2.14. The van der Waals surface area contributed by atoms with Crippen molar-refractivity contribution < 1.29 is 9.13 Å². The van der Waals surface area contributed by atoms with Gasteiger partial charge in [0.2, 0.25) is 0 Å². The standard InChI is InChI=1S/C11H14FNO/c1-8(6-12)14-11-4-5-13-7-10(11)9-2-3-9/h4-5,7-9H,2-3,6H2,1H3. The van der Waals surface area contributed by atoms with Crippen molar-refractivity contribution in [2.45, 2.75) is 31.8 Å². The molecule has 0 spiro atoms. The Morgan fingerprint density at radius 3 is 3.07 bits per heavy atom. The van der Waals surface area contributed by atoms with E-state index in [4.69, 9.17) is 4.74 Å². The normalized spacial score (nSPS) is 17.9. The van der Waals surface area contributed by atoms with E-state index in [1.165, 1.54) is 12.8 Å². The Balaban J connectivity index is 2.14. The number of nitrogens with zero attached hydrogens (tertiary/aromatic N) is 1. The van der Waals surface area contributed by atoms with Crippen LogP contribution in [0.25, 0.3) is 0 Å². The molecule has 0 radical (unpaired) electrons. The summed E-state index contributed by atoms with van der Waals surface area (Å²) in [6, 6.07) is 1.82. The molecule has 0 aromatic carbocycles. The van der Waals surface area contributed by atoms with Gasteiger partial charge in [-0.25, -0.2) is 4.39 Å². The summed E-state index contributed by atoms with van der Waals surface area (Å²) in [5.74, 6) is 1.39. The smallest absolute Gasteiger partial charge is 0.126 e. The second kappa shape index (κ2) is 3.95. The van der Waals surface area contributed by atoms with Crippen LogP contribution < -0.4 is 4.74 Å². The van der Waals surface area contributed by atoms with Crippen LogP contribution in [0.2, 0.25) is 0 Å². The SMILES string of the molecule is CC(CF)Oc1ccncc1C1CC1. The molecule has 3 heteroatoms. The van der Waals surface area contributed by atoms with Crippen LogP contribution in [-0.2, 0) is 0 Å². The van der Waals surface area contributed by atoms with E-state index in [2.05, 4.69) is 4.98 Å². The summed E-state index contributed by atoms with van der Waals surface area (Å²) in [5, 5.41) is 0. The first-order valence-corrected chi connectivity index (χ1v) is 4.97. The highest BCUT2D eigenvalue weighted by Crippen LogP contribution is 2.43. The van der Waals surface area contributed by atoms with Crippen LogP contribution in [0.5, 0.6) is 5.75 Å². The van der Waals surface area contributed by atoms with Gasteiger partial charge in [-0.2, -0.15) is 0 Å². The minimum atomic E-state index is -0.452.